The van der Waals surface area contributed by atoms with Crippen LogP contribution >= 0.6 is 12.1 Å². The molecule has 0 fully saturated rings. The minimum Gasteiger partial charge on any atom is -0.272 e. The number of hydrazone groups is 1. The second-order valence-electron chi connectivity index (χ2n) is 3.29. The van der Waals surface area contributed by atoms with Gasteiger partial charge in [-0.2, -0.15) is 8.99 Å². The number of carbonyl (C=O) groups is 1. The molecular formula is C10H9FN2OS. The lowest BCUT2D eigenvalue weighted by atomic mass is 10.3. The molecule has 1 aliphatic rings. The lowest BCUT2D eigenvalue weighted by molar-refractivity contribution is -0.116. The molecular weight excluding hydrogens is 215 g/mol. The number of anilines is 1. The molecule has 1 aromatic rings. The van der Waals surface area contributed by atoms with Gasteiger partial charge in [0.15, 0.2) is 0 Å². The summed E-state index contributed by atoms with van der Waals surface area (Å²) in [6.07, 6.45) is 0.361. The third-order valence-electron chi connectivity index (χ3n) is 2.08. The van der Waals surface area contributed by atoms with Gasteiger partial charge in [-0.3, -0.25) is 4.79 Å². The van der Waals surface area contributed by atoms with E-state index in [1.54, 1.807) is 24.3 Å². The molecule has 1 heterocycles. The molecule has 1 aromatic carbocycles. The Morgan fingerprint density at radius 3 is 2.53 bits per heavy atom. The van der Waals surface area contributed by atoms with Crippen LogP contribution in [0.5, 0.6) is 0 Å². The largest absolute Gasteiger partial charge is 0.272 e. The van der Waals surface area contributed by atoms with E-state index in [1.807, 2.05) is 6.92 Å². The maximum atomic E-state index is 12.2. The van der Waals surface area contributed by atoms with Crippen molar-refractivity contribution in [2.24, 2.45) is 5.10 Å². The van der Waals surface area contributed by atoms with E-state index >= 15 is 0 Å². The normalized spacial score (nSPS) is 15.7. The van der Waals surface area contributed by atoms with E-state index in [4.69, 9.17) is 0 Å². The summed E-state index contributed by atoms with van der Waals surface area (Å²) in [4.78, 5) is 12.0. The van der Waals surface area contributed by atoms with E-state index in [0.717, 1.165) is 5.71 Å². The summed E-state index contributed by atoms with van der Waals surface area (Å²) in [5, 5.41) is 5.44. The topological polar surface area (TPSA) is 32.7 Å². The summed E-state index contributed by atoms with van der Waals surface area (Å²) >= 11 is 0.182. The molecule has 0 saturated heterocycles. The zero-order valence-corrected chi connectivity index (χ0v) is 8.92. The van der Waals surface area contributed by atoms with Crippen LogP contribution < -0.4 is 5.01 Å². The summed E-state index contributed by atoms with van der Waals surface area (Å²) in [7, 11) is 0. The molecule has 5 heteroatoms. The lowest BCUT2D eigenvalue weighted by Crippen LogP contribution is -2.19. The zero-order valence-electron chi connectivity index (χ0n) is 8.11. The Bertz CT molecular complexity index is 416. The first-order valence-electron chi connectivity index (χ1n) is 4.46. The molecule has 0 bridgehead atoms. The standard InChI is InChI=1S/C10H9FN2OS/c1-7-6-10(14)13(12-7)8-2-4-9(15-11)5-3-8/h2-5H,6H2,1H3. The maximum absolute atomic E-state index is 12.2. The fourth-order valence-corrected chi connectivity index (χ4v) is 1.64. The molecule has 3 nitrogen and oxygen atoms in total. The first-order valence-corrected chi connectivity index (χ1v) is 5.18. The highest BCUT2D eigenvalue weighted by Gasteiger charge is 2.22. The average molecular weight is 224 g/mol. The van der Waals surface area contributed by atoms with Gasteiger partial charge in [-0.15, -0.1) is 0 Å². The number of halogens is 1. The van der Waals surface area contributed by atoms with E-state index in [9.17, 15) is 8.68 Å². The van der Waals surface area contributed by atoms with Gasteiger partial charge in [0.2, 0.25) is 0 Å². The van der Waals surface area contributed by atoms with Crippen LogP contribution in [-0.2, 0) is 4.79 Å². The van der Waals surface area contributed by atoms with Crippen molar-refractivity contribution >= 4 is 29.5 Å². The minimum atomic E-state index is -0.0480. The highest BCUT2D eigenvalue weighted by Crippen LogP contribution is 2.25. The molecule has 0 atom stereocenters. The molecule has 1 aliphatic heterocycles. The Morgan fingerprint density at radius 2 is 2.07 bits per heavy atom. The van der Waals surface area contributed by atoms with Crippen molar-refractivity contribution < 1.29 is 8.68 Å². The smallest absolute Gasteiger partial charge is 0.253 e. The van der Waals surface area contributed by atoms with Gasteiger partial charge in [0.25, 0.3) is 5.91 Å². The molecule has 0 aromatic heterocycles. The fourth-order valence-electron chi connectivity index (χ4n) is 1.40. The van der Waals surface area contributed by atoms with E-state index < -0.39 is 0 Å². The van der Waals surface area contributed by atoms with Crippen LogP contribution in [0.15, 0.2) is 34.3 Å². The average Bonchev–Trinajstić information content (AvgIpc) is 2.58. The Kier molecular flexibility index (Phi) is 2.73. The molecule has 15 heavy (non-hydrogen) atoms. The molecule has 0 radical (unpaired) electrons. The summed E-state index contributed by atoms with van der Waals surface area (Å²) in [5.41, 5.74) is 1.47. The molecule has 1 amide bonds. The van der Waals surface area contributed by atoms with E-state index in [2.05, 4.69) is 5.10 Å². The Morgan fingerprint density at radius 1 is 1.40 bits per heavy atom. The SMILES string of the molecule is CC1=NN(c2ccc(SF)cc2)C(=O)C1. The van der Waals surface area contributed by atoms with Crippen LogP contribution in [0.4, 0.5) is 9.57 Å². The summed E-state index contributed by atoms with van der Waals surface area (Å²) in [6, 6.07) is 6.61. The number of nitrogens with zero attached hydrogens (tertiary/aromatic N) is 2. The van der Waals surface area contributed by atoms with Crippen molar-refractivity contribution in [2.75, 3.05) is 5.01 Å². The van der Waals surface area contributed by atoms with Crippen LogP contribution in [0.25, 0.3) is 0 Å². The van der Waals surface area contributed by atoms with Gasteiger partial charge < -0.3 is 0 Å². The van der Waals surface area contributed by atoms with Gasteiger partial charge >= 0.3 is 0 Å². The van der Waals surface area contributed by atoms with Gasteiger partial charge in [0.1, 0.15) is 0 Å². The van der Waals surface area contributed by atoms with Crippen molar-refractivity contribution in [1.29, 1.82) is 0 Å². The highest BCUT2D eigenvalue weighted by atomic mass is 32.2. The molecule has 0 unspecified atom stereocenters. The fraction of sp³-hybridized carbons (Fsp3) is 0.200. The number of carbonyl (C=O) groups excluding carboxylic acids is 1. The monoisotopic (exact) mass is 224 g/mol. The minimum absolute atomic E-state index is 0.0480. The molecule has 0 N–H and O–H groups in total. The van der Waals surface area contributed by atoms with Crippen LogP contribution in [0.1, 0.15) is 13.3 Å². The second kappa shape index (κ2) is 4.02. The maximum Gasteiger partial charge on any atom is 0.253 e. The van der Waals surface area contributed by atoms with Gasteiger partial charge in [-0.05, 0) is 31.2 Å². The van der Waals surface area contributed by atoms with Crippen LogP contribution in [0.2, 0.25) is 0 Å². The van der Waals surface area contributed by atoms with Crippen molar-refractivity contribution in [1.82, 2.24) is 0 Å². The van der Waals surface area contributed by atoms with Crippen molar-refractivity contribution in [3.8, 4) is 0 Å². The third kappa shape index (κ3) is 2.02. The van der Waals surface area contributed by atoms with E-state index in [-0.39, 0.29) is 18.1 Å². The lowest BCUT2D eigenvalue weighted by Gasteiger charge is -2.11. The zero-order chi connectivity index (χ0) is 10.8. The van der Waals surface area contributed by atoms with E-state index in [0.29, 0.717) is 17.0 Å². The van der Waals surface area contributed by atoms with Gasteiger partial charge in [-0.25, -0.2) is 5.01 Å². The van der Waals surface area contributed by atoms with Gasteiger partial charge in [-0.1, -0.05) is 0 Å². The Balaban J connectivity index is 2.26. The quantitative estimate of drug-likeness (QED) is 0.773. The number of amides is 1. The summed E-state index contributed by atoms with van der Waals surface area (Å²) in [6.45, 7) is 1.81. The summed E-state index contributed by atoms with van der Waals surface area (Å²) in [5.74, 6) is -0.0480. The summed E-state index contributed by atoms with van der Waals surface area (Å²) < 4.78 is 12.2. The Labute approximate surface area is 91.3 Å². The first-order chi connectivity index (χ1) is 7.20. The van der Waals surface area contributed by atoms with Crippen molar-refractivity contribution in [3.63, 3.8) is 0 Å². The predicted molar refractivity (Wildman–Crippen MR) is 58.6 cm³/mol. The van der Waals surface area contributed by atoms with Crippen LogP contribution in [0.3, 0.4) is 0 Å². The second-order valence-corrected chi connectivity index (χ2v) is 3.91. The van der Waals surface area contributed by atoms with Crippen molar-refractivity contribution in [2.45, 2.75) is 18.2 Å². The van der Waals surface area contributed by atoms with Gasteiger partial charge in [0.05, 0.1) is 24.3 Å². The molecule has 0 spiro atoms. The predicted octanol–water partition coefficient (Wildman–Crippen LogP) is 2.78. The van der Waals surface area contributed by atoms with Crippen LogP contribution in [0, 0.1) is 0 Å². The molecule has 2 rings (SSSR count). The van der Waals surface area contributed by atoms with Crippen LogP contribution in [-0.4, -0.2) is 11.6 Å². The molecule has 78 valence electrons. The number of hydrogen-bond donors (Lipinski definition) is 0. The molecule has 0 saturated carbocycles. The third-order valence-corrected chi connectivity index (χ3v) is 2.53. The Hall–Kier alpha value is -1.36. The number of benzene rings is 1. The number of hydrogen-bond acceptors (Lipinski definition) is 3. The van der Waals surface area contributed by atoms with Gasteiger partial charge in [0, 0.05) is 10.6 Å². The molecule has 0 aliphatic carbocycles. The highest BCUT2D eigenvalue weighted by molar-refractivity contribution is 7.94. The number of rotatable bonds is 2. The van der Waals surface area contributed by atoms with Crippen molar-refractivity contribution in [3.05, 3.63) is 24.3 Å². The van der Waals surface area contributed by atoms with E-state index in [1.165, 1.54) is 5.01 Å². The first kappa shape index (κ1) is 10.2.